The van der Waals surface area contributed by atoms with E-state index in [1.807, 2.05) is 6.07 Å². The minimum absolute atomic E-state index is 0.171. The molecule has 0 saturated carbocycles. The molecule has 0 aliphatic heterocycles. The second-order valence-corrected chi connectivity index (χ2v) is 6.79. The predicted octanol–water partition coefficient (Wildman–Crippen LogP) is 2.87. The van der Waals surface area contributed by atoms with Gasteiger partial charge < -0.3 is 5.32 Å². The first-order chi connectivity index (χ1) is 12.7. The molecular weight excluding hydrogens is 342 g/mol. The molecule has 4 bridgehead atoms. The first-order valence-corrected chi connectivity index (χ1v) is 9.21. The molecule has 6 rings (SSSR count). The number of carbonyl (C=O) groups is 1. The van der Waals surface area contributed by atoms with Crippen LogP contribution < -0.4 is 16.2 Å². The Morgan fingerprint density at radius 3 is 2.27 bits per heavy atom. The third kappa shape index (κ3) is 4.70. The Bertz CT molecular complexity index is 815. The molecule has 3 N–H and O–H groups in total. The Hall–Kier alpha value is -2.66. The monoisotopic (exact) mass is 365 g/mol. The number of rotatable bonds is 3. The molecule has 0 spiro atoms. The summed E-state index contributed by atoms with van der Waals surface area (Å²) in [6, 6.07) is 15.0. The second-order valence-electron chi connectivity index (χ2n) is 6.39. The Labute approximate surface area is 159 Å². The van der Waals surface area contributed by atoms with Gasteiger partial charge in [0.1, 0.15) is 0 Å². The van der Waals surface area contributed by atoms with Crippen molar-refractivity contribution in [1.29, 1.82) is 0 Å². The van der Waals surface area contributed by atoms with Crippen LogP contribution in [0.4, 0.5) is 0 Å². The van der Waals surface area contributed by atoms with Gasteiger partial charge in [-0.25, -0.2) is 0 Å². The fourth-order valence-electron chi connectivity index (χ4n) is 3.04. The SMILES string of the molecule is C=CCNC(=S)NNC(=O)c1cc2ccc1CCc1ccc(cc1)CC2. The van der Waals surface area contributed by atoms with E-state index >= 15 is 0 Å². The lowest BCUT2D eigenvalue weighted by Crippen LogP contribution is -2.47. The summed E-state index contributed by atoms with van der Waals surface area (Å²) in [5.41, 5.74) is 11.0. The average molecular weight is 366 g/mol. The highest BCUT2D eigenvalue weighted by molar-refractivity contribution is 7.80. The van der Waals surface area contributed by atoms with Crippen LogP contribution in [0, 0.1) is 0 Å². The first-order valence-electron chi connectivity index (χ1n) is 8.80. The fourth-order valence-corrected chi connectivity index (χ4v) is 3.17. The molecule has 0 radical (unpaired) electrons. The van der Waals surface area contributed by atoms with Gasteiger partial charge in [0.15, 0.2) is 5.11 Å². The van der Waals surface area contributed by atoms with Gasteiger partial charge in [0.25, 0.3) is 5.91 Å². The minimum atomic E-state index is -0.171. The van der Waals surface area contributed by atoms with Gasteiger partial charge in [0, 0.05) is 12.1 Å². The molecule has 0 aromatic heterocycles. The maximum Gasteiger partial charge on any atom is 0.269 e. The lowest BCUT2D eigenvalue weighted by Gasteiger charge is -2.15. The van der Waals surface area contributed by atoms with E-state index in [-0.39, 0.29) is 5.91 Å². The van der Waals surface area contributed by atoms with Gasteiger partial charge in [-0.3, -0.25) is 15.6 Å². The summed E-state index contributed by atoms with van der Waals surface area (Å²) in [6.45, 7) is 4.16. The summed E-state index contributed by atoms with van der Waals surface area (Å²) in [4.78, 5) is 12.7. The topological polar surface area (TPSA) is 53.2 Å². The third-order valence-electron chi connectivity index (χ3n) is 4.52. The Kier molecular flexibility index (Phi) is 6.02. The summed E-state index contributed by atoms with van der Waals surface area (Å²) in [5.74, 6) is -0.171. The smallest absolute Gasteiger partial charge is 0.269 e. The summed E-state index contributed by atoms with van der Waals surface area (Å²) in [6.07, 6.45) is 5.31. The molecule has 4 aliphatic rings. The fraction of sp³-hybridized carbons (Fsp3) is 0.238. The van der Waals surface area contributed by atoms with Gasteiger partial charge >= 0.3 is 0 Å². The number of benzene rings is 2. The van der Waals surface area contributed by atoms with Crippen LogP contribution in [0.25, 0.3) is 0 Å². The van der Waals surface area contributed by atoms with E-state index in [1.165, 1.54) is 11.1 Å². The van der Waals surface area contributed by atoms with Crippen LogP contribution in [0.5, 0.6) is 0 Å². The van der Waals surface area contributed by atoms with Crippen molar-refractivity contribution in [2.24, 2.45) is 0 Å². The van der Waals surface area contributed by atoms with Crippen LogP contribution in [0.1, 0.15) is 32.6 Å². The quantitative estimate of drug-likeness (QED) is 0.445. The van der Waals surface area contributed by atoms with E-state index in [4.69, 9.17) is 12.2 Å². The Morgan fingerprint density at radius 1 is 0.962 bits per heavy atom. The van der Waals surface area contributed by atoms with Crippen LogP contribution in [0.2, 0.25) is 0 Å². The third-order valence-corrected chi connectivity index (χ3v) is 4.77. The predicted molar refractivity (Wildman–Crippen MR) is 109 cm³/mol. The number of hydrogen-bond donors (Lipinski definition) is 3. The summed E-state index contributed by atoms with van der Waals surface area (Å²) >= 11 is 5.11. The number of amides is 1. The Morgan fingerprint density at radius 2 is 1.58 bits per heavy atom. The molecule has 4 nitrogen and oxygen atoms in total. The number of hydrogen-bond acceptors (Lipinski definition) is 2. The van der Waals surface area contributed by atoms with Crippen molar-refractivity contribution in [3.05, 3.63) is 82.9 Å². The molecule has 1 amide bonds. The van der Waals surface area contributed by atoms with Crippen LogP contribution in [-0.2, 0) is 25.7 Å². The van der Waals surface area contributed by atoms with Crippen molar-refractivity contribution >= 4 is 23.2 Å². The molecule has 2 aromatic carbocycles. The molecule has 0 heterocycles. The van der Waals surface area contributed by atoms with E-state index < -0.39 is 0 Å². The zero-order chi connectivity index (χ0) is 18.4. The minimum Gasteiger partial charge on any atom is -0.358 e. The number of thiocarbonyl (C=S) groups is 1. The number of aryl methyl sites for hydroxylation is 4. The van der Waals surface area contributed by atoms with Crippen molar-refractivity contribution in [2.45, 2.75) is 25.7 Å². The zero-order valence-electron chi connectivity index (χ0n) is 14.7. The zero-order valence-corrected chi connectivity index (χ0v) is 15.5. The van der Waals surface area contributed by atoms with Gasteiger partial charge in [-0.15, -0.1) is 6.58 Å². The molecular formula is C21H23N3OS. The van der Waals surface area contributed by atoms with Gasteiger partial charge in [0.05, 0.1) is 0 Å². The highest BCUT2D eigenvalue weighted by Gasteiger charge is 2.14. The molecule has 0 fully saturated rings. The van der Waals surface area contributed by atoms with Gasteiger partial charge in [-0.1, -0.05) is 42.5 Å². The average Bonchev–Trinajstić information content (AvgIpc) is 2.66. The largest absolute Gasteiger partial charge is 0.358 e. The van der Waals surface area contributed by atoms with Crippen LogP contribution in [-0.4, -0.2) is 17.6 Å². The maximum atomic E-state index is 12.7. The van der Waals surface area contributed by atoms with Crippen LogP contribution >= 0.6 is 12.2 Å². The number of carbonyl (C=O) groups excluding carboxylic acids is 1. The molecule has 26 heavy (non-hydrogen) atoms. The number of hydrazine groups is 1. The lowest BCUT2D eigenvalue weighted by atomic mass is 9.93. The molecule has 0 atom stereocenters. The van der Waals surface area contributed by atoms with Gasteiger partial charge in [0.2, 0.25) is 0 Å². The lowest BCUT2D eigenvalue weighted by molar-refractivity contribution is 0.0942. The second kappa shape index (κ2) is 8.63. The van der Waals surface area contributed by atoms with Crippen molar-refractivity contribution in [3.63, 3.8) is 0 Å². The molecule has 134 valence electrons. The maximum absolute atomic E-state index is 12.7. The van der Waals surface area contributed by atoms with Gasteiger partial charge in [-0.2, -0.15) is 0 Å². The summed E-state index contributed by atoms with van der Waals surface area (Å²) in [7, 11) is 0. The first kappa shape index (κ1) is 18.1. The van der Waals surface area contributed by atoms with Gasteiger partial charge in [-0.05, 0) is 66.2 Å². The van der Waals surface area contributed by atoms with Crippen molar-refractivity contribution < 1.29 is 4.79 Å². The van der Waals surface area contributed by atoms with Crippen LogP contribution in [0.3, 0.4) is 0 Å². The van der Waals surface area contributed by atoms with E-state index in [0.717, 1.165) is 36.8 Å². The van der Waals surface area contributed by atoms with Crippen LogP contribution in [0.15, 0.2) is 55.1 Å². The highest BCUT2D eigenvalue weighted by Crippen LogP contribution is 2.19. The molecule has 4 aliphatic carbocycles. The number of nitrogens with one attached hydrogen (secondary N) is 3. The van der Waals surface area contributed by atoms with Crippen molar-refractivity contribution in [2.75, 3.05) is 6.54 Å². The molecule has 0 saturated heterocycles. The van der Waals surface area contributed by atoms with E-state index in [9.17, 15) is 4.79 Å². The van der Waals surface area contributed by atoms with E-state index in [0.29, 0.717) is 17.2 Å². The Balaban J connectivity index is 1.76. The van der Waals surface area contributed by atoms with Crippen molar-refractivity contribution in [1.82, 2.24) is 16.2 Å². The molecule has 5 heteroatoms. The molecule has 2 aromatic rings. The summed E-state index contributed by atoms with van der Waals surface area (Å²) in [5, 5.41) is 3.29. The standard InChI is InChI=1S/C21H23N3OS/c1-2-13-22-21(26)24-23-20(25)19-14-17-8-7-15-3-5-16(6-4-15)9-11-18(19)12-10-17/h2-6,10,12,14H,1,7-9,11,13H2,(H,23,25)(H2,22,24,26). The van der Waals surface area contributed by atoms with E-state index in [2.05, 4.69) is 59.1 Å². The normalized spacial score (nSPS) is 12.6. The molecule has 0 unspecified atom stereocenters. The highest BCUT2D eigenvalue weighted by atomic mass is 32.1. The van der Waals surface area contributed by atoms with E-state index in [1.54, 1.807) is 6.08 Å². The van der Waals surface area contributed by atoms with Crippen molar-refractivity contribution in [3.8, 4) is 0 Å². The summed E-state index contributed by atoms with van der Waals surface area (Å²) < 4.78 is 0.